The molecule has 20 heavy (non-hydrogen) atoms. The molecule has 0 atom stereocenters. The lowest BCUT2D eigenvalue weighted by Crippen LogP contribution is -2.19. The molecule has 0 saturated heterocycles. The minimum Gasteiger partial charge on any atom is -0.507 e. The van der Waals surface area contributed by atoms with Crippen LogP contribution >= 0.6 is 0 Å². The number of carbonyl (C=O) groups is 1. The van der Waals surface area contributed by atoms with Gasteiger partial charge in [-0.15, -0.1) is 0 Å². The first-order valence-electron chi connectivity index (χ1n) is 6.09. The van der Waals surface area contributed by atoms with Crippen LogP contribution in [0.4, 0.5) is 10.1 Å². The molecule has 0 radical (unpaired) electrons. The Kier molecular flexibility index (Phi) is 2.95. The van der Waals surface area contributed by atoms with Crippen molar-refractivity contribution < 1.29 is 14.3 Å². The lowest BCUT2D eigenvalue weighted by Gasteiger charge is -2.10. The lowest BCUT2D eigenvalue weighted by atomic mass is 10.1. The maximum atomic E-state index is 12.9. The average molecular weight is 270 g/mol. The molecule has 3 rings (SSSR count). The van der Waals surface area contributed by atoms with Crippen LogP contribution in [0, 0.1) is 5.82 Å². The molecule has 4 nitrogen and oxygen atoms in total. The van der Waals surface area contributed by atoms with Gasteiger partial charge in [0, 0.05) is 5.56 Å². The highest BCUT2D eigenvalue weighted by atomic mass is 19.1. The Bertz CT molecular complexity index is 695. The maximum absolute atomic E-state index is 12.9. The number of halogens is 1. The number of hydrogen-bond donors (Lipinski definition) is 1. The van der Waals surface area contributed by atoms with Gasteiger partial charge < -0.3 is 5.11 Å². The van der Waals surface area contributed by atoms with Gasteiger partial charge in [0.1, 0.15) is 11.6 Å². The molecule has 0 unspecified atom stereocenters. The lowest BCUT2D eigenvalue weighted by molar-refractivity contribution is -0.116. The monoisotopic (exact) mass is 270 g/mol. The Hall–Kier alpha value is -2.69. The number of hydrogen-bond acceptors (Lipinski definition) is 3. The van der Waals surface area contributed by atoms with E-state index >= 15 is 0 Å². The molecular weight excluding hydrogens is 259 g/mol. The molecule has 5 heteroatoms. The van der Waals surface area contributed by atoms with Crippen molar-refractivity contribution in [3.63, 3.8) is 0 Å². The largest absolute Gasteiger partial charge is 0.507 e. The molecule has 1 heterocycles. The van der Waals surface area contributed by atoms with Crippen molar-refractivity contribution in [3.05, 3.63) is 59.9 Å². The molecule has 1 aliphatic rings. The molecule has 2 aromatic carbocycles. The minimum absolute atomic E-state index is 0.0833. The second-order valence-corrected chi connectivity index (χ2v) is 4.42. The molecule has 0 fully saturated rings. The van der Waals surface area contributed by atoms with Gasteiger partial charge in [0.05, 0.1) is 17.8 Å². The molecule has 0 saturated carbocycles. The van der Waals surface area contributed by atoms with Gasteiger partial charge in [-0.05, 0) is 36.4 Å². The molecule has 1 aliphatic heterocycles. The van der Waals surface area contributed by atoms with E-state index < -0.39 is 0 Å². The van der Waals surface area contributed by atoms with E-state index in [1.54, 1.807) is 24.3 Å². The molecule has 0 spiro atoms. The van der Waals surface area contributed by atoms with Crippen molar-refractivity contribution in [2.45, 2.75) is 6.42 Å². The van der Waals surface area contributed by atoms with Crippen LogP contribution in [0.15, 0.2) is 53.6 Å². The first kappa shape index (κ1) is 12.3. The Morgan fingerprint density at radius 2 is 1.80 bits per heavy atom. The molecule has 2 aromatic rings. The highest BCUT2D eigenvalue weighted by molar-refractivity contribution is 6.20. The maximum Gasteiger partial charge on any atom is 0.253 e. The summed E-state index contributed by atoms with van der Waals surface area (Å²) in [6.07, 6.45) is 0.106. The van der Waals surface area contributed by atoms with E-state index in [-0.39, 0.29) is 23.9 Å². The number of nitrogens with zero attached hydrogens (tertiary/aromatic N) is 2. The van der Waals surface area contributed by atoms with Gasteiger partial charge in [-0.3, -0.25) is 4.79 Å². The topological polar surface area (TPSA) is 52.9 Å². The van der Waals surface area contributed by atoms with Gasteiger partial charge in [-0.1, -0.05) is 12.1 Å². The standard InChI is InChI=1S/C15H11FN2O2/c16-10-5-7-11(8-6-10)18-15(20)9-13(17-18)12-3-1-2-4-14(12)19/h1-8,19H,9H2. The van der Waals surface area contributed by atoms with E-state index in [0.29, 0.717) is 17.0 Å². The zero-order valence-electron chi connectivity index (χ0n) is 10.5. The van der Waals surface area contributed by atoms with E-state index in [0.717, 1.165) is 0 Å². The van der Waals surface area contributed by atoms with Crippen LogP contribution in [0.1, 0.15) is 12.0 Å². The van der Waals surface area contributed by atoms with E-state index in [9.17, 15) is 14.3 Å². The summed E-state index contributed by atoms with van der Waals surface area (Å²) < 4.78 is 12.9. The summed E-state index contributed by atoms with van der Waals surface area (Å²) in [7, 11) is 0. The SMILES string of the molecule is O=C1CC(c2ccccc2O)=NN1c1ccc(F)cc1. The smallest absolute Gasteiger partial charge is 0.253 e. The third kappa shape index (κ3) is 2.14. The van der Waals surface area contributed by atoms with Crippen LogP contribution < -0.4 is 5.01 Å². The molecule has 0 aliphatic carbocycles. The fourth-order valence-corrected chi connectivity index (χ4v) is 2.08. The number of phenols is 1. The van der Waals surface area contributed by atoms with E-state index in [1.165, 1.54) is 29.3 Å². The summed E-state index contributed by atoms with van der Waals surface area (Å²) >= 11 is 0. The van der Waals surface area contributed by atoms with Gasteiger partial charge in [-0.25, -0.2) is 9.40 Å². The third-order valence-corrected chi connectivity index (χ3v) is 3.06. The van der Waals surface area contributed by atoms with Crippen molar-refractivity contribution in [2.24, 2.45) is 5.10 Å². The van der Waals surface area contributed by atoms with E-state index in [2.05, 4.69) is 5.10 Å². The van der Waals surface area contributed by atoms with Crippen LogP contribution in [0.5, 0.6) is 5.75 Å². The molecule has 0 bridgehead atoms. The number of amides is 1. The summed E-state index contributed by atoms with van der Waals surface area (Å²) in [5.41, 5.74) is 1.53. The van der Waals surface area contributed by atoms with Crippen molar-refractivity contribution in [1.82, 2.24) is 0 Å². The Balaban J connectivity index is 1.97. The number of carbonyl (C=O) groups excluding carboxylic acids is 1. The molecule has 100 valence electrons. The minimum atomic E-state index is -0.370. The number of benzene rings is 2. The Morgan fingerprint density at radius 1 is 1.10 bits per heavy atom. The first-order valence-corrected chi connectivity index (χ1v) is 6.09. The third-order valence-electron chi connectivity index (χ3n) is 3.06. The Labute approximate surface area is 114 Å². The van der Waals surface area contributed by atoms with Crippen LogP contribution in [-0.2, 0) is 4.79 Å². The molecule has 1 N–H and O–H groups in total. The number of phenolic OH excluding ortho intramolecular Hbond substituents is 1. The average Bonchev–Trinajstić information content (AvgIpc) is 2.82. The van der Waals surface area contributed by atoms with Crippen molar-refractivity contribution in [3.8, 4) is 5.75 Å². The summed E-state index contributed by atoms with van der Waals surface area (Å²) in [6.45, 7) is 0. The molecular formula is C15H11FN2O2. The van der Waals surface area contributed by atoms with Crippen molar-refractivity contribution in [2.75, 3.05) is 5.01 Å². The van der Waals surface area contributed by atoms with Crippen molar-refractivity contribution in [1.29, 1.82) is 0 Å². The predicted molar refractivity (Wildman–Crippen MR) is 73.1 cm³/mol. The van der Waals surface area contributed by atoms with Crippen LogP contribution in [0.2, 0.25) is 0 Å². The van der Waals surface area contributed by atoms with Crippen LogP contribution in [0.25, 0.3) is 0 Å². The van der Waals surface area contributed by atoms with Gasteiger partial charge >= 0.3 is 0 Å². The van der Waals surface area contributed by atoms with Gasteiger partial charge in [0.2, 0.25) is 0 Å². The van der Waals surface area contributed by atoms with Gasteiger partial charge in [0.25, 0.3) is 5.91 Å². The fourth-order valence-electron chi connectivity index (χ4n) is 2.08. The number of hydrazone groups is 1. The zero-order chi connectivity index (χ0) is 14.1. The number of para-hydroxylation sites is 1. The first-order chi connectivity index (χ1) is 9.65. The highest BCUT2D eigenvalue weighted by Gasteiger charge is 2.27. The number of aromatic hydroxyl groups is 1. The van der Waals surface area contributed by atoms with Crippen LogP contribution in [-0.4, -0.2) is 16.7 Å². The normalized spacial score (nSPS) is 14.6. The highest BCUT2D eigenvalue weighted by Crippen LogP contribution is 2.26. The second kappa shape index (κ2) is 4.77. The summed E-state index contributed by atoms with van der Waals surface area (Å²) in [5.74, 6) is -0.500. The predicted octanol–water partition coefficient (Wildman–Crippen LogP) is 2.67. The summed E-state index contributed by atoms with van der Waals surface area (Å²) in [4.78, 5) is 12.0. The summed E-state index contributed by atoms with van der Waals surface area (Å²) in [5, 5.41) is 15.2. The quantitative estimate of drug-likeness (QED) is 0.912. The molecule has 1 amide bonds. The van der Waals surface area contributed by atoms with Gasteiger partial charge in [-0.2, -0.15) is 5.10 Å². The Morgan fingerprint density at radius 3 is 2.50 bits per heavy atom. The van der Waals surface area contributed by atoms with Gasteiger partial charge in [0.15, 0.2) is 0 Å². The zero-order valence-corrected chi connectivity index (χ0v) is 10.5. The second-order valence-electron chi connectivity index (χ2n) is 4.42. The number of rotatable bonds is 2. The van der Waals surface area contributed by atoms with E-state index in [1.807, 2.05) is 0 Å². The molecule has 0 aromatic heterocycles. The van der Waals surface area contributed by atoms with Crippen LogP contribution in [0.3, 0.4) is 0 Å². The fraction of sp³-hybridized carbons (Fsp3) is 0.0667. The van der Waals surface area contributed by atoms with E-state index in [4.69, 9.17) is 0 Å². The number of anilines is 1. The summed E-state index contributed by atoms with van der Waals surface area (Å²) in [6, 6.07) is 12.2. The van der Waals surface area contributed by atoms with Crippen molar-refractivity contribution >= 4 is 17.3 Å².